The van der Waals surface area contributed by atoms with Crippen molar-refractivity contribution in [2.24, 2.45) is 0 Å². The van der Waals surface area contributed by atoms with Gasteiger partial charge in [-0.25, -0.2) is 4.98 Å². The monoisotopic (exact) mass is 263 g/mol. The minimum Gasteiger partial charge on any atom is -0.496 e. The van der Waals surface area contributed by atoms with Crippen LogP contribution in [0.2, 0.25) is 5.15 Å². The van der Waals surface area contributed by atoms with Crippen molar-refractivity contribution in [2.75, 3.05) is 12.4 Å². The van der Waals surface area contributed by atoms with Gasteiger partial charge in [0.1, 0.15) is 10.9 Å². The number of anilines is 1. The standard InChI is InChI=1S/C12H10ClN3O2/c1-18-9-5-3-2-4-8(9)12(17)16-11-7-14-6-10(13)15-11/h2-7H,1H3,(H,15,16,17). The number of amides is 1. The average molecular weight is 264 g/mol. The maximum atomic E-state index is 12.0. The van der Waals surface area contributed by atoms with Gasteiger partial charge in [0.2, 0.25) is 0 Å². The highest BCUT2D eigenvalue weighted by Gasteiger charge is 2.12. The number of nitrogens with one attached hydrogen (secondary N) is 1. The zero-order chi connectivity index (χ0) is 13.0. The van der Waals surface area contributed by atoms with Crippen molar-refractivity contribution in [1.82, 2.24) is 9.97 Å². The predicted octanol–water partition coefficient (Wildman–Crippen LogP) is 2.39. The van der Waals surface area contributed by atoms with Gasteiger partial charge in [0.15, 0.2) is 5.82 Å². The molecule has 0 unspecified atom stereocenters. The third kappa shape index (κ3) is 2.75. The molecule has 1 heterocycles. The molecule has 1 N–H and O–H groups in total. The van der Waals surface area contributed by atoms with E-state index in [2.05, 4.69) is 15.3 Å². The largest absolute Gasteiger partial charge is 0.496 e. The van der Waals surface area contributed by atoms with Crippen molar-refractivity contribution in [3.8, 4) is 5.75 Å². The van der Waals surface area contributed by atoms with E-state index in [1.807, 2.05) is 0 Å². The Morgan fingerprint density at radius 3 is 2.83 bits per heavy atom. The molecule has 0 fully saturated rings. The number of nitrogens with zero attached hydrogens (tertiary/aromatic N) is 2. The maximum absolute atomic E-state index is 12.0. The summed E-state index contributed by atoms with van der Waals surface area (Å²) < 4.78 is 5.10. The molecule has 2 rings (SSSR count). The molecule has 0 bridgehead atoms. The Labute approximate surface area is 109 Å². The lowest BCUT2D eigenvalue weighted by Crippen LogP contribution is -2.14. The zero-order valence-corrected chi connectivity index (χ0v) is 10.3. The maximum Gasteiger partial charge on any atom is 0.260 e. The molecular formula is C12H10ClN3O2. The quantitative estimate of drug-likeness (QED) is 0.923. The fraction of sp³-hybridized carbons (Fsp3) is 0.0833. The highest BCUT2D eigenvalue weighted by molar-refractivity contribution is 6.29. The molecule has 0 aliphatic heterocycles. The van der Waals surface area contributed by atoms with Crippen LogP contribution in [-0.4, -0.2) is 23.0 Å². The molecule has 0 atom stereocenters. The summed E-state index contributed by atoms with van der Waals surface area (Å²) in [6.07, 6.45) is 2.81. The van der Waals surface area contributed by atoms with Crippen LogP contribution < -0.4 is 10.1 Å². The van der Waals surface area contributed by atoms with Crippen LogP contribution in [0.25, 0.3) is 0 Å². The van der Waals surface area contributed by atoms with Gasteiger partial charge >= 0.3 is 0 Å². The number of hydrogen-bond donors (Lipinski definition) is 1. The Morgan fingerprint density at radius 2 is 2.11 bits per heavy atom. The second-order valence-electron chi connectivity index (χ2n) is 3.38. The Bertz CT molecular complexity index is 575. The number of ether oxygens (including phenoxy) is 1. The second-order valence-corrected chi connectivity index (χ2v) is 3.77. The summed E-state index contributed by atoms with van der Waals surface area (Å²) in [5.41, 5.74) is 0.418. The predicted molar refractivity (Wildman–Crippen MR) is 68.0 cm³/mol. The Hall–Kier alpha value is -2.14. The van der Waals surface area contributed by atoms with Crippen molar-refractivity contribution >= 4 is 23.3 Å². The van der Waals surface area contributed by atoms with Crippen LogP contribution in [0.5, 0.6) is 5.75 Å². The molecule has 1 aromatic carbocycles. The molecular weight excluding hydrogens is 254 g/mol. The van der Waals surface area contributed by atoms with Crippen LogP contribution >= 0.6 is 11.6 Å². The van der Waals surface area contributed by atoms with Crippen LogP contribution in [0.15, 0.2) is 36.7 Å². The van der Waals surface area contributed by atoms with Crippen LogP contribution in [0, 0.1) is 0 Å². The molecule has 1 amide bonds. The van der Waals surface area contributed by atoms with E-state index in [0.717, 1.165) is 0 Å². The normalized spacial score (nSPS) is 9.89. The van der Waals surface area contributed by atoms with E-state index in [4.69, 9.17) is 16.3 Å². The summed E-state index contributed by atoms with van der Waals surface area (Å²) in [4.78, 5) is 19.8. The summed E-state index contributed by atoms with van der Waals surface area (Å²) in [5.74, 6) is 0.451. The fourth-order valence-electron chi connectivity index (χ4n) is 1.42. The van der Waals surface area contributed by atoms with E-state index in [1.165, 1.54) is 19.5 Å². The summed E-state index contributed by atoms with van der Waals surface area (Å²) in [7, 11) is 1.51. The van der Waals surface area contributed by atoms with E-state index in [0.29, 0.717) is 17.1 Å². The van der Waals surface area contributed by atoms with Gasteiger partial charge < -0.3 is 10.1 Å². The molecule has 1 aromatic heterocycles. The van der Waals surface area contributed by atoms with Gasteiger partial charge in [-0.2, -0.15) is 0 Å². The Kier molecular flexibility index (Phi) is 3.74. The molecule has 6 heteroatoms. The topological polar surface area (TPSA) is 64.1 Å². The van der Waals surface area contributed by atoms with Crippen LogP contribution in [-0.2, 0) is 0 Å². The molecule has 5 nitrogen and oxygen atoms in total. The summed E-state index contributed by atoms with van der Waals surface area (Å²) in [6, 6.07) is 6.90. The average Bonchev–Trinajstić information content (AvgIpc) is 2.38. The molecule has 2 aromatic rings. The minimum absolute atomic E-state index is 0.216. The van der Waals surface area contributed by atoms with Crippen LogP contribution in [0.1, 0.15) is 10.4 Å². The molecule has 18 heavy (non-hydrogen) atoms. The van der Waals surface area contributed by atoms with Gasteiger partial charge in [0.05, 0.1) is 25.1 Å². The molecule has 0 spiro atoms. The molecule has 0 aliphatic carbocycles. The fourth-order valence-corrected chi connectivity index (χ4v) is 1.57. The highest BCUT2D eigenvalue weighted by Crippen LogP contribution is 2.18. The number of hydrogen-bond acceptors (Lipinski definition) is 4. The lowest BCUT2D eigenvalue weighted by Gasteiger charge is -2.08. The summed E-state index contributed by atoms with van der Waals surface area (Å²) in [5, 5.41) is 2.81. The summed E-state index contributed by atoms with van der Waals surface area (Å²) >= 11 is 5.68. The number of rotatable bonds is 3. The number of carbonyl (C=O) groups excluding carboxylic acids is 1. The highest BCUT2D eigenvalue weighted by atomic mass is 35.5. The summed E-state index contributed by atoms with van der Waals surface area (Å²) in [6.45, 7) is 0. The first kappa shape index (κ1) is 12.3. The van der Waals surface area contributed by atoms with Crippen molar-refractivity contribution in [3.05, 3.63) is 47.4 Å². The lowest BCUT2D eigenvalue weighted by molar-refractivity contribution is 0.102. The number of aromatic nitrogens is 2. The van der Waals surface area contributed by atoms with Gasteiger partial charge in [-0.3, -0.25) is 9.78 Å². The first-order chi connectivity index (χ1) is 8.70. The zero-order valence-electron chi connectivity index (χ0n) is 9.55. The SMILES string of the molecule is COc1ccccc1C(=O)Nc1cncc(Cl)n1. The van der Waals surface area contributed by atoms with E-state index in [9.17, 15) is 4.79 Å². The number of carbonyl (C=O) groups is 1. The van der Waals surface area contributed by atoms with E-state index >= 15 is 0 Å². The van der Waals surface area contributed by atoms with Crippen molar-refractivity contribution in [3.63, 3.8) is 0 Å². The molecule has 0 radical (unpaired) electrons. The Balaban J connectivity index is 2.22. The van der Waals surface area contributed by atoms with Gasteiger partial charge in [0.25, 0.3) is 5.91 Å². The number of para-hydroxylation sites is 1. The van der Waals surface area contributed by atoms with Crippen molar-refractivity contribution < 1.29 is 9.53 Å². The van der Waals surface area contributed by atoms with Gasteiger partial charge in [-0.1, -0.05) is 23.7 Å². The molecule has 0 aliphatic rings. The first-order valence-electron chi connectivity index (χ1n) is 5.12. The lowest BCUT2D eigenvalue weighted by atomic mass is 10.2. The third-order valence-corrected chi connectivity index (χ3v) is 2.38. The Morgan fingerprint density at radius 1 is 1.33 bits per heavy atom. The molecule has 92 valence electrons. The van der Waals surface area contributed by atoms with Crippen LogP contribution in [0.4, 0.5) is 5.82 Å². The van der Waals surface area contributed by atoms with Crippen molar-refractivity contribution in [2.45, 2.75) is 0 Å². The van der Waals surface area contributed by atoms with Crippen molar-refractivity contribution in [1.29, 1.82) is 0 Å². The van der Waals surface area contributed by atoms with E-state index < -0.39 is 0 Å². The van der Waals surface area contributed by atoms with Gasteiger partial charge in [-0.15, -0.1) is 0 Å². The number of benzene rings is 1. The van der Waals surface area contributed by atoms with Gasteiger partial charge in [0, 0.05) is 0 Å². The first-order valence-corrected chi connectivity index (χ1v) is 5.50. The van der Waals surface area contributed by atoms with E-state index in [-0.39, 0.29) is 11.1 Å². The number of halogens is 1. The molecule has 0 saturated heterocycles. The van der Waals surface area contributed by atoms with Gasteiger partial charge in [-0.05, 0) is 12.1 Å². The third-order valence-electron chi connectivity index (χ3n) is 2.20. The van der Waals surface area contributed by atoms with Crippen LogP contribution in [0.3, 0.4) is 0 Å². The molecule has 0 saturated carbocycles. The number of methoxy groups -OCH3 is 1. The minimum atomic E-state index is -0.330. The van der Waals surface area contributed by atoms with E-state index in [1.54, 1.807) is 24.3 Å². The second kappa shape index (κ2) is 5.46. The smallest absolute Gasteiger partial charge is 0.260 e.